The number of carbonyl (C=O) groups excluding carboxylic acids is 1. The fourth-order valence-corrected chi connectivity index (χ4v) is 5.59. The molecule has 174 valence electrons. The van der Waals surface area contributed by atoms with Crippen molar-refractivity contribution in [2.24, 2.45) is 0 Å². The number of nitrogens with zero attached hydrogens (tertiary/aromatic N) is 2. The summed E-state index contributed by atoms with van der Waals surface area (Å²) >= 11 is 6.02. The minimum atomic E-state index is -3.66. The molecule has 2 aromatic rings. The highest BCUT2D eigenvalue weighted by Gasteiger charge is 2.32. The number of sulfonamides is 1. The van der Waals surface area contributed by atoms with Gasteiger partial charge in [0.15, 0.2) is 0 Å². The highest BCUT2D eigenvalue weighted by Crippen LogP contribution is 2.23. The molecule has 6 nitrogen and oxygen atoms in total. The van der Waals surface area contributed by atoms with Gasteiger partial charge in [-0.1, -0.05) is 41.4 Å². The largest absolute Gasteiger partial charge is 0.466 e. The number of hydrogen-bond donors (Lipinski definition) is 0. The maximum absolute atomic E-state index is 13.4. The molecule has 32 heavy (non-hydrogen) atoms. The van der Waals surface area contributed by atoms with Crippen LogP contribution in [0, 0.1) is 6.92 Å². The van der Waals surface area contributed by atoms with Crippen LogP contribution in [0.2, 0.25) is 5.02 Å². The van der Waals surface area contributed by atoms with Gasteiger partial charge in [-0.2, -0.15) is 4.31 Å². The fraction of sp³-hybridized carbons (Fsp3) is 0.458. The van der Waals surface area contributed by atoms with E-state index < -0.39 is 10.0 Å². The minimum absolute atomic E-state index is 0.140. The van der Waals surface area contributed by atoms with E-state index in [1.165, 1.54) is 4.31 Å². The molecule has 0 spiro atoms. The first kappa shape index (κ1) is 24.7. The standard InChI is InChI=1S/C24H31ClN2O4S/c1-3-31-24(28)16-22-18-27(32(29,30)23-12-6-19(2)7-13-23)15-5-4-14-26(22)17-20-8-10-21(25)11-9-20/h6-13,22H,3-5,14-18H2,1-2H3. The summed E-state index contributed by atoms with van der Waals surface area (Å²) in [4.78, 5) is 14.9. The summed E-state index contributed by atoms with van der Waals surface area (Å²) in [6.45, 7) is 6.07. The second kappa shape index (κ2) is 11.3. The number of benzene rings is 2. The maximum atomic E-state index is 13.4. The van der Waals surface area contributed by atoms with Crippen molar-refractivity contribution < 1.29 is 17.9 Å². The molecule has 0 aliphatic carbocycles. The van der Waals surface area contributed by atoms with Crippen molar-refractivity contribution in [1.82, 2.24) is 9.21 Å². The molecule has 0 bridgehead atoms. The van der Waals surface area contributed by atoms with Gasteiger partial charge >= 0.3 is 5.97 Å². The van der Waals surface area contributed by atoms with Gasteiger partial charge in [-0.05, 0) is 63.1 Å². The molecule has 3 rings (SSSR count). The predicted octanol–water partition coefficient (Wildman–Crippen LogP) is 4.26. The molecule has 1 aliphatic rings. The Balaban J connectivity index is 1.87. The molecule has 1 atom stereocenters. The summed E-state index contributed by atoms with van der Waals surface area (Å²) in [5.41, 5.74) is 2.07. The first-order chi connectivity index (χ1) is 15.3. The Morgan fingerprint density at radius 3 is 2.38 bits per heavy atom. The van der Waals surface area contributed by atoms with Gasteiger partial charge in [0.05, 0.1) is 17.9 Å². The molecule has 2 aromatic carbocycles. The van der Waals surface area contributed by atoms with Crippen molar-refractivity contribution in [3.63, 3.8) is 0 Å². The molecule has 1 aliphatic heterocycles. The number of aryl methyl sites for hydroxylation is 1. The smallest absolute Gasteiger partial charge is 0.307 e. The van der Waals surface area contributed by atoms with Crippen LogP contribution >= 0.6 is 11.6 Å². The molecule has 0 saturated carbocycles. The van der Waals surface area contributed by atoms with Crippen LogP contribution in [-0.2, 0) is 26.1 Å². The van der Waals surface area contributed by atoms with Crippen molar-refractivity contribution in [3.05, 3.63) is 64.7 Å². The van der Waals surface area contributed by atoms with E-state index in [4.69, 9.17) is 16.3 Å². The fourth-order valence-electron chi connectivity index (χ4n) is 3.94. The van der Waals surface area contributed by atoms with E-state index >= 15 is 0 Å². The number of hydrogen-bond acceptors (Lipinski definition) is 5. The molecular weight excluding hydrogens is 448 g/mol. The molecule has 1 fully saturated rings. The van der Waals surface area contributed by atoms with Crippen molar-refractivity contribution in [1.29, 1.82) is 0 Å². The van der Waals surface area contributed by atoms with Crippen LogP contribution in [0.1, 0.15) is 37.3 Å². The second-order valence-electron chi connectivity index (χ2n) is 8.14. The molecular formula is C24H31ClN2O4S. The Labute approximate surface area is 196 Å². The second-order valence-corrected chi connectivity index (χ2v) is 10.5. The summed E-state index contributed by atoms with van der Waals surface area (Å²) in [6, 6.07) is 14.2. The molecule has 0 amide bonds. The average molecular weight is 479 g/mol. The summed E-state index contributed by atoms with van der Waals surface area (Å²) < 4.78 is 33.5. The van der Waals surface area contributed by atoms with Crippen LogP contribution in [-0.4, -0.2) is 55.9 Å². The van der Waals surface area contributed by atoms with Crippen LogP contribution in [0.25, 0.3) is 0 Å². The predicted molar refractivity (Wildman–Crippen MR) is 126 cm³/mol. The highest BCUT2D eigenvalue weighted by atomic mass is 35.5. The van der Waals surface area contributed by atoms with Crippen molar-refractivity contribution in [2.75, 3.05) is 26.2 Å². The van der Waals surface area contributed by atoms with E-state index in [1.807, 2.05) is 31.2 Å². The zero-order chi connectivity index (χ0) is 23.1. The lowest BCUT2D eigenvalue weighted by Gasteiger charge is -2.37. The Hall–Kier alpha value is -1.93. The molecule has 8 heteroatoms. The van der Waals surface area contributed by atoms with Gasteiger partial charge in [-0.25, -0.2) is 8.42 Å². The summed E-state index contributed by atoms with van der Waals surface area (Å²) in [7, 11) is -3.66. The molecule has 0 radical (unpaired) electrons. The highest BCUT2D eigenvalue weighted by molar-refractivity contribution is 7.89. The topological polar surface area (TPSA) is 66.9 Å². The normalized spacial score (nSPS) is 18.7. The number of esters is 1. The van der Waals surface area contributed by atoms with E-state index in [1.54, 1.807) is 31.2 Å². The SMILES string of the molecule is CCOC(=O)CC1CN(S(=O)(=O)c2ccc(C)cc2)CCCCN1Cc1ccc(Cl)cc1. The van der Waals surface area contributed by atoms with E-state index in [2.05, 4.69) is 4.90 Å². The van der Waals surface area contributed by atoms with Crippen LogP contribution in [0.15, 0.2) is 53.4 Å². The zero-order valence-corrected chi connectivity index (χ0v) is 20.2. The Morgan fingerprint density at radius 2 is 1.72 bits per heavy atom. The molecule has 1 saturated heterocycles. The van der Waals surface area contributed by atoms with Gasteiger partial charge in [-0.15, -0.1) is 0 Å². The van der Waals surface area contributed by atoms with E-state index in [9.17, 15) is 13.2 Å². The Kier molecular flexibility index (Phi) is 8.71. The van der Waals surface area contributed by atoms with Gasteiger partial charge < -0.3 is 4.74 Å². The third kappa shape index (κ3) is 6.54. The Morgan fingerprint density at radius 1 is 1.06 bits per heavy atom. The first-order valence-corrected chi connectivity index (χ1v) is 12.8. The van der Waals surface area contributed by atoms with Crippen molar-refractivity contribution >= 4 is 27.6 Å². The van der Waals surface area contributed by atoms with Gasteiger partial charge in [0.1, 0.15) is 0 Å². The lowest BCUT2D eigenvalue weighted by atomic mass is 10.1. The molecule has 0 N–H and O–H groups in total. The van der Waals surface area contributed by atoms with Gasteiger partial charge in [0.2, 0.25) is 10.0 Å². The van der Waals surface area contributed by atoms with Crippen molar-refractivity contribution in [3.8, 4) is 0 Å². The lowest BCUT2D eigenvalue weighted by molar-refractivity contribution is -0.144. The number of rotatable bonds is 7. The van der Waals surface area contributed by atoms with Crippen LogP contribution in [0.5, 0.6) is 0 Å². The van der Waals surface area contributed by atoms with E-state index in [0.29, 0.717) is 24.7 Å². The van der Waals surface area contributed by atoms with E-state index in [-0.39, 0.29) is 29.9 Å². The Bertz CT molecular complexity index is 994. The van der Waals surface area contributed by atoms with Crippen molar-refractivity contribution in [2.45, 2.75) is 50.6 Å². The molecule has 1 unspecified atom stereocenters. The van der Waals surface area contributed by atoms with Gasteiger partial charge in [0.25, 0.3) is 0 Å². The quantitative estimate of drug-likeness (QED) is 0.556. The molecule has 0 aromatic heterocycles. The van der Waals surface area contributed by atoms with E-state index in [0.717, 1.165) is 30.5 Å². The van der Waals surface area contributed by atoms with Crippen LogP contribution in [0.3, 0.4) is 0 Å². The summed E-state index contributed by atoms with van der Waals surface area (Å²) in [5, 5.41) is 0.667. The number of halogens is 1. The lowest BCUT2D eigenvalue weighted by Crippen LogP contribution is -2.49. The third-order valence-electron chi connectivity index (χ3n) is 5.70. The summed E-state index contributed by atoms with van der Waals surface area (Å²) in [5.74, 6) is -0.313. The maximum Gasteiger partial charge on any atom is 0.307 e. The average Bonchev–Trinajstić information content (AvgIpc) is 2.74. The molecule has 1 heterocycles. The monoisotopic (exact) mass is 478 g/mol. The van der Waals surface area contributed by atoms with Gasteiger partial charge in [0, 0.05) is 30.7 Å². The third-order valence-corrected chi connectivity index (χ3v) is 7.83. The summed E-state index contributed by atoms with van der Waals surface area (Å²) in [6.07, 6.45) is 1.74. The van der Waals surface area contributed by atoms with Crippen LogP contribution < -0.4 is 0 Å². The van der Waals surface area contributed by atoms with Gasteiger partial charge in [-0.3, -0.25) is 9.69 Å². The zero-order valence-electron chi connectivity index (χ0n) is 18.7. The first-order valence-electron chi connectivity index (χ1n) is 11.0. The minimum Gasteiger partial charge on any atom is -0.466 e. The van der Waals surface area contributed by atoms with Crippen LogP contribution in [0.4, 0.5) is 0 Å². The number of carbonyl (C=O) groups is 1. The number of ether oxygens (including phenoxy) is 1.